The summed E-state index contributed by atoms with van der Waals surface area (Å²) in [6.45, 7) is 6.32. The van der Waals surface area contributed by atoms with Gasteiger partial charge in [-0.05, 0) is 37.0 Å². The van der Waals surface area contributed by atoms with Gasteiger partial charge in [-0.15, -0.1) is 11.8 Å². The minimum atomic E-state index is -0.354. The second-order valence-electron chi connectivity index (χ2n) is 6.53. The number of hydrogen-bond acceptors (Lipinski definition) is 3. The summed E-state index contributed by atoms with van der Waals surface area (Å²) in [6, 6.07) is 7.58. The first-order valence-electron chi connectivity index (χ1n) is 7.78. The molecule has 5 heteroatoms. The minimum Gasteiger partial charge on any atom is -0.324 e. The van der Waals surface area contributed by atoms with Crippen molar-refractivity contribution >= 4 is 29.3 Å². The lowest BCUT2D eigenvalue weighted by molar-refractivity contribution is -0.135. The Kier molecular flexibility index (Phi) is 3.93. The lowest BCUT2D eigenvalue weighted by Gasteiger charge is -2.29. The number of hydrogen-bond donors (Lipinski definition) is 1. The van der Waals surface area contributed by atoms with Crippen LogP contribution in [0.3, 0.4) is 0 Å². The Morgan fingerprint density at radius 3 is 2.95 bits per heavy atom. The van der Waals surface area contributed by atoms with Crippen molar-refractivity contribution < 1.29 is 9.59 Å². The highest BCUT2D eigenvalue weighted by molar-refractivity contribution is 8.01. The van der Waals surface area contributed by atoms with Crippen molar-refractivity contribution in [3.8, 4) is 0 Å². The summed E-state index contributed by atoms with van der Waals surface area (Å²) in [4.78, 5) is 26.3. The molecule has 0 radical (unpaired) electrons. The second-order valence-corrected chi connectivity index (χ2v) is 8.04. The molecule has 2 amide bonds. The van der Waals surface area contributed by atoms with Crippen LogP contribution in [-0.2, 0) is 9.59 Å². The van der Waals surface area contributed by atoms with E-state index in [0.717, 1.165) is 12.1 Å². The van der Waals surface area contributed by atoms with Gasteiger partial charge in [0.25, 0.3) is 0 Å². The van der Waals surface area contributed by atoms with Gasteiger partial charge >= 0.3 is 0 Å². The van der Waals surface area contributed by atoms with E-state index < -0.39 is 0 Å². The van der Waals surface area contributed by atoms with E-state index in [1.807, 2.05) is 18.2 Å². The standard InChI is InChI=1S/C17H22N2O2S/c1-11(2)12-5-4-6-13(9-12)18-16(21)14-10-22-17(3)8-7-15(20)19(14)17/h4-6,9,11,14H,7-8,10H2,1-3H3,(H,18,21)/t14-,17+/m0/s1. The summed E-state index contributed by atoms with van der Waals surface area (Å²) in [5.41, 5.74) is 2.00. The van der Waals surface area contributed by atoms with Crippen molar-refractivity contribution in [3.05, 3.63) is 29.8 Å². The maximum Gasteiger partial charge on any atom is 0.248 e. The van der Waals surface area contributed by atoms with E-state index >= 15 is 0 Å². The van der Waals surface area contributed by atoms with Crippen LogP contribution in [0, 0.1) is 0 Å². The number of benzene rings is 1. The fraction of sp³-hybridized carbons (Fsp3) is 0.529. The van der Waals surface area contributed by atoms with Gasteiger partial charge < -0.3 is 10.2 Å². The fourth-order valence-electron chi connectivity index (χ4n) is 3.22. The van der Waals surface area contributed by atoms with Gasteiger partial charge in [0.1, 0.15) is 6.04 Å². The molecule has 2 saturated heterocycles. The zero-order valence-electron chi connectivity index (χ0n) is 13.3. The van der Waals surface area contributed by atoms with Gasteiger partial charge in [0.05, 0.1) is 4.87 Å². The molecule has 0 unspecified atom stereocenters. The molecule has 0 aromatic heterocycles. The molecule has 2 atom stereocenters. The van der Waals surface area contributed by atoms with E-state index in [2.05, 4.69) is 32.2 Å². The van der Waals surface area contributed by atoms with Crippen LogP contribution in [0.1, 0.15) is 45.1 Å². The smallest absolute Gasteiger partial charge is 0.248 e. The molecule has 2 heterocycles. The quantitative estimate of drug-likeness (QED) is 0.931. The molecule has 1 N–H and O–H groups in total. The van der Waals surface area contributed by atoms with Crippen LogP contribution in [0.4, 0.5) is 5.69 Å². The van der Waals surface area contributed by atoms with E-state index in [1.54, 1.807) is 16.7 Å². The van der Waals surface area contributed by atoms with Crippen LogP contribution in [0.25, 0.3) is 0 Å². The van der Waals surface area contributed by atoms with Gasteiger partial charge in [0.15, 0.2) is 0 Å². The van der Waals surface area contributed by atoms with Gasteiger partial charge in [0.2, 0.25) is 11.8 Å². The Bertz CT molecular complexity index is 616. The third kappa shape index (κ3) is 2.62. The number of nitrogens with one attached hydrogen (secondary N) is 1. The molecule has 1 aromatic rings. The van der Waals surface area contributed by atoms with Crippen LogP contribution >= 0.6 is 11.8 Å². The van der Waals surface area contributed by atoms with E-state index in [1.165, 1.54) is 5.56 Å². The highest BCUT2D eigenvalue weighted by Crippen LogP contribution is 2.47. The molecule has 0 spiro atoms. The second kappa shape index (κ2) is 5.61. The monoisotopic (exact) mass is 318 g/mol. The fourth-order valence-corrected chi connectivity index (χ4v) is 4.65. The summed E-state index contributed by atoms with van der Waals surface area (Å²) in [5.74, 6) is 1.12. The van der Waals surface area contributed by atoms with Crippen LogP contribution in [0.15, 0.2) is 24.3 Å². The van der Waals surface area contributed by atoms with Crippen LogP contribution in [0.2, 0.25) is 0 Å². The zero-order valence-corrected chi connectivity index (χ0v) is 14.1. The maximum absolute atomic E-state index is 12.6. The summed E-state index contributed by atoms with van der Waals surface area (Å²) >= 11 is 1.72. The Morgan fingerprint density at radius 2 is 2.23 bits per heavy atom. The Balaban J connectivity index is 1.75. The Hall–Kier alpha value is -1.49. The Labute approximate surface area is 135 Å². The summed E-state index contributed by atoms with van der Waals surface area (Å²) in [5, 5.41) is 2.98. The summed E-state index contributed by atoms with van der Waals surface area (Å²) in [6.07, 6.45) is 1.39. The van der Waals surface area contributed by atoms with E-state index in [0.29, 0.717) is 18.1 Å². The van der Waals surface area contributed by atoms with Gasteiger partial charge in [-0.3, -0.25) is 9.59 Å². The Morgan fingerprint density at radius 1 is 1.45 bits per heavy atom. The summed E-state index contributed by atoms with van der Waals surface area (Å²) in [7, 11) is 0. The van der Waals surface area contributed by atoms with E-state index in [9.17, 15) is 9.59 Å². The molecule has 118 valence electrons. The zero-order chi connectivity index (χ0) is 15.9. The number of fused-ring (bicyclic) bond motifs is 1. The lowest BCUT2D eigenvalue weighted by atomic mass is 10.0. The molecule has 0 aliphatic carbocycles. The average Bonchev–Trinajstić information content (AvgIpc) is 2.96. The molecule has 2 aliphatic heterocycles. The molecule has 2 aliphatic rings. The molecule has 2 fully saturated rings. The number of anilines is 1. The topological polar surface area (TPSA) is 49.4 Å². The van der Waals surface area contributed by atoms with Crippen LogP contribution < -0.4 is 5.32 Å². The van der Waals surface area contributed by atoms with Crippen molar-refractivity contribution in [1.82, 2.24) is 4.90 Å². The van der Waals surface area contributed by atoms with Crippen molar-refractivity contribution in [1.29, 1.82) is 0 Å². The molecule has 3 rings (SSSR count). The predicted octanol–water partition coefficient (Wildman–Crippen LogP) is 3.20. The number of nitrogens with zero attached hydrogens (tertiary/aromatic N) is 1. The third-order valence-corrected chi connectivity index (χ3v) is 6.07. The van der Waals surface area contributed by atoms with E-state index in [4.69, 9.17) is 0 Å². The van der Waals surface area contributed by atoms with E-state index in [-0.39, 0.29) is 22.7 Å². The van der Waals surface area contributed by atoms with Crippen molar-refractivity contribution in [3.63, 3.8) is 0 Å². The highest BCUT2D eigenvalue weighted by Gasteiger charge is 2.52. The number of thioether (sulfide) groups is 1. The first-order valence-corrected chi connectivity index (χ1v) is 8.76. The summed E-state index contributed by atoms with van der Waals surface area (Å²) < 4.78 is 0. The molecule has 22 heavy (non-hydrogen) atoms. The van der Waals surface area contributed by atoms with Crippen LogP contribution in [-0.4, -0.2) is 33.4 Å². The first-order chi connectivity index (χ1) is 10.4. The molecular weight excluding hydrogens is 296 g/mol. The van der Waals surface area contributed by atoms with Crippen molar-refractivity contribution in [2.75, 3.05) is 11.1 Å². The van der Waals surface area contributed by atoms with Crippen molar-refractivity contribution in [2.24, 2.45) is 0 Å². The number of carbonyl (C=O) groups is 2. The number of carbonyl (C=O) groups excluding carboxylic acids is 2. The first kappa shape index (κ1) is 15.4. The molecule has 1 aromatic carbocycles. The molecule has 0 saturated carbocycles. The highest BCUT2D eigenvalue weighted by atomic mass is 32.2. The lowest BCUT2D eigenvalue weighted by Crippen LogP contribution is -2.48. The van der Waals surface area contributed by atoms with Gasteiger partial charge in [-0.25, -0.2) is 0 Å². The van der Waals surface area contributed by atoms with Crippen molar-refractivity contribution in [2.45, 2.75) is 50.4 Å². The predicted molar refractivity (Wildman–Crippen MR) is 89.9 cm³/mol. The number of rotatable bonds is 3. The largest absolute Gasteiger partial charge is 0.324 e. The van der Waals surface area contributed by atoms with Crippen LogP contribution in [0.5, 0.6) is 0 Å². The van der Waals surface area contributed by atoms with Gasteiger partial charge in [-0.1, -0.05) is 26.0 Å². The number of amides is 2. The normalized spacial score (nSPS) is 27.4. The SMILES string of the molecule is CC(C)c1cccc(NC(=O)[C@@H]2CS[C@]3(C)CCC(=O)N23)c1. The minimum absolute atomic E-state index is 0.0765. The van der Waals surface area contributed by atoms with Gasteiger partial charge in [0, 0.05) is 17.9 Å². The molecule has 0 bridgehead atoms. The molecule has 4 nitrogen and oxygen atoms in total. The third-order valence-electron chi connectivity index (χ3n) is 4.57. The van der Waals surface area contributed by atoms with Gasteiger partial charge in [-0.2, -0.15) is 0 Å². The maximum atomic E-state index is 12.6. The average molecular weight is 318 g/mol. The molecular formula is C17H22N2O2S.